The highest BCUT2D eigenvalue weighted by Gasteiger charge is 2.15. The Balaban J connectivity index is 2.92. The number of rotatable bonds is 3. The van der Waals surface area contributed by atoms with Crippen LogP contribution in [0, 0.1) is 0 Å². The predicted molar refractivity (Wildman–Crippen MR) is 77.5 cm³/mol. The molecule has 0 saturated heterocycles. The van der Waals surface area contributed by atoms with Gasteiger partial charge >= 0.3 is 0 Å². The zero-order valence-corrected chi connectivity index (χ0v) is 12.1. The normalized spacial score (nSPS) is 13.6. The van der Waals surface area contributed by atoms with Crippen molar-refractivity contribution in [2.24, 2.45) is 10.8 Å². The minimum Gasteiger partial charge on any atom is -0.338 e. The van der Waals surface area contributed by atoms with E-state index in [4.69, 9.17) is 17.4 Å². The maximum Gasteiger partial charge on any atom is 0.208 e. The largest absolute Gasteiger partial charge is 0.338 e. The van der Waals surface area contributed by atoms with Crippen LogP contribution in [0.4, 0.5) is 0 Å². The number of benzene rings is 1. The number of nitrogens with two attached hydrogens (primary N) is 1. The first-order chi connectivity index (χ1) is 8.45. The average molecular weight is 269 g/mol. The van der Waals surface area contributed by atoms with Gasteiger partial charge in [-0.1, -0.05) is 23.7 Å². The topological polar surface area (TPSA) is 53.6 Å². The summed E-state index contributed by atoms with van der Waals surface area (Å²) in [4.78, 5) is 6.43. The standard InChI is InChI=1S/C13H21ClN4/c1-9(2)16-13(17-15)18(4)10(3)11-6-5-7-12(14)8-11/h5-10H,15H2,1-4H3,(H,16,17). The number of aliphatic imine (C=N–C) groups is 1. The SMILES string of the molecule is CC(C)N=C(NN)N(C)C(C)c1cccc(Cl)c1. The van der Waals surface area contributed by atoms with E-state index in [2.05, 4.69) is 17.3 Å². The molecule has 5 heteroatoms. The molecule has 1 atom stereocenters. The van der Waals surface area contributed by atoms with E-state index in [1.54, 1.807) is 0 Å². The van der Waals surface area contributed by atoms with Crippen LogP contribution >= 0.6 is 11.6 Å². The van der Waals surface area contributed by atoms with E-state index in [1.165, 1.54) is 0 Å². The molecule has 18 heavy (non-hydrogen) atoms. The Morgan fingerprint density at radius 2 is 2.06 bits per heavy atom. The van der Waals surface area contributed by atoms with Crippen molar-refractivity contribution in [3.63, 3.8) is 0 Å². The highest BCUT2D eigenvalue weighted by Crippen LogP contribution is 2.21. The molecule has 4 nitrogen and oxygen atoms in total. The van der Waals surface area contributed by atoms with E-state index >= 15 is 0 Å². The summed E-state index contributed by atoms with van der Waals surface area (Å²) in [5.41, 5.74) is 3.76. The summed E-state index contributed by atoms with van der Waals surface area (Å²) in [6.45, 7) is 6.10. The van der Waals surface area contributed by atoms with E-state index in [-0.39, 0.29) is 12.1 Å². The monoisotopic (exact) mass is 268 g/mol. The Labute approximate surface area is 114 Å². The van der Waals surface area contributed by atoms with Crippen LogP contribution in [0.2, 0.25) is 5.02 Å². The minimum absolute atomic E-state index is 0.136. The summed E-state index contributed by atoms with van der Waals surface area (Å²) in [7, 11) is 1.95. The van der Waals surface area contributed by atoms with Crippen LogP contribution in [0.1, 0.15) is 32.4 Å². The van der Waals surface area contributed by atoms with Crippen molar-refractivity contribution in [1.29, 1.82) is 0 Å². The second-order valence-electron chi connectivity index (χ2n) is 4.53. The lowest BCUT2D eigenvalue weighted by molar-refractivity contribution is 0.385. The van der Waals surface area contributed by atoms with Gasteiger partial charge in [0, 0.05) is 18.1 Å². The minimum atomic E-state index is 0.136. The Bertz CT molecular complexity index is 417. The van der Waals surface area contributed by atoms with Crippen LogP contribution < -0.4 is 11.3 Å². The van der Waals surface area contributed by atoms with Gasteiger partial charge in [-0.15, -0.1) is 0 Å². The highest BCUT2D eigenvalue weighted by molar-refractivity contribution is 6.30. The molecule has 0 fully saturated rings. The van der Waals surface area contributed by atoms with E-state index in [9.17, 15) is 0 Å². The molecule has 1 aromatic rings. The van der Waals surface area contributed by atoms with Crippen molar-refractivity contribution >= 4 is 17.6 Å². The Morgan fingerprint density at radius 3 is 2.56 bits per heavy atom. The second kappa shape index (κ2) is 6.61. The summed E-state index contributed by atoms with van der Waals surface area (Å²) in [5, 5.41) is 0.732. The molecule has 100 valence electrons. The summed E-state index contributed by atoms with van der Waals surface area (Å²) in [6, 6.07) is 8.12. The van der Waals surface area contributed by atoms with Gasteiger partial charge in [-0.25, -0.2) is 10.8 Å². The number of nitrogens with one attached hydrogen (secondary N) is 1. The number of hydrogen-bond donors (Lipinski definition) is 2. The third kappa shape index (κ3) is 3.89. The van der Waals surface area contributed by atoms with Crippen molar-refractivity contribution in [3.05, 3.63) is 34.9 Å². The van der Waals surface area contributed by atoms with Gasteiger partial charge in [0.2, 0.25) is 5.96 Å². The zero-order valence-electron chi connectivity index (χ0n) is 11.3. The van der Waals surface area contributed by atoms with Crippen LogP contribution in [-0.2, 0) is 0 Å². The van der Waals surface area contributed by atoms with E-state index < -0.39 is 0 Å². The van der Waals surface area contributed by atoms with Gasteiger partial charge in [0.25, 0.3) is 0 Å². The molecule has 0 aliphatic rings. The summed E-state index contributed by atoms with van der Waals surface area (Å²) in [5.74, 6) is 6.18. The number of guanidine groups is 1. The molecule has 0 radical (unpaired) electrons. The number of hydrogen-bond acceptors (Lipinski definition) is 2. The molecule has 0 heterocycles. The Kier molecular flexibility index (Phi) is 5.44. The molecule has 0 saturated carbocycles. The van der Waals surface area contributed by atoms with Gasteiger partial charge in [0.15, 0.2) is 0 Å². The smallest absolute Gasteiger partial charge is 0.208 e. The number of nitrogens with zero attached hydrogens (tertiary/aromatic N) is 2. The van der Waals surface area contributed by atoms with Gasteiger partial charge in [-0.2, -0.15) is 0 Å². The van der Waals surface area contributed by atoms with Gasteiger partial charge in [-0.3, -0.25) is 5.43 Å². The molecular weight excluding hydrogens is 248 g/mol. The van der Waals surface area contributed by atoms with Crippen LogP contribution in [0.5, 0.6) is 0 Å². The molecule has 1 aromatic carbocycles. The Morgan fingerprint density at radius 1 is 1.39 bits per heavy atom. The number of hydrazine groups is 1. The first-order valence-corrected chi connectivity index (χ1v) is 6.36. The maximum atomic E-state index is 6.00. The molecule has 0 aliphatic carbocycles. The van der Waals surface area contributed by atoms with E-state index in [1.807, 2.05) is 50.1 Å². The van der Waals surface area contributed by atoms with Gasteiger partial charge in [0.05, 0.1) is 6.04 Å². The van der Waals surface area contributed by atoms with Crippen LogP contribution in [-0.4, -0.2) is 23.9 Å². The van der Waals surface area contributed by atoms with E-state index in [0.29, 0.717) is 5.96 Å². The van der Waals surface area contributed by atoms with Gasteiger partial charge in [0.1, 0.15) is 0 Å². The summed E-state index contributed by atoms with van der Waals surface area (Å²) >= 11 is 6.00. The fourth-order valence-electron chi connectivity index (χ4n) is 1.65. The van der Waals surface area contributed by atoms with Crippen LogP contribution in [0.3, 0.4) is 0 Å². The van der Waals surface area contributed by atoms with Crippen molar-refractivity contribution in [2.45, 2.75) is 32.9 Å². The first kappa shape index (κ1) is 14.8. The second-order valence-corrected chi connectivity index (χ2v) is 4.97. The Hall–Kier alpha value is -1.26. The molecule has 0 amide bonds. The maximum absolute atomic E-state index is 6.00. The predicted octanol–water partition coefficient (Wildman–Crippen LogP) is 2.56. The summed E-state index contributed by atoms with van der Waals surface area (Å²) in [6.07, 6.45) is 0. The highest BCUT2D eigenvalue weighted by atomic mass is 35.5. The zero-order chi connectivity index (χ0) is 13.7. The molecule has 3 N–H and O–H groups in total. The molecule has 1 unspecified atom stereocenters. The lowest BCUT2D eigenvalue weighted by Crippen LogP contribution is -2.44. The molecule has 0 aliphatic heterocycles. The number of halogens is 1. The van der Waals surface area contributed by atoms with Crippen molar-refractivity contribution < 1.29 is 0 Å². The van der Waals surface area contributed by atoms with Crippen molar-refractivity contribution in [3.8, 4) is 0 Å². The summed E-state index contributed by atoms with van der Waals surface area (Å²) < 4.78 is 0. The van der Waals surface area contributed by atoms with Gasteiger partial charge < -0.3 is 4.90 Å². The van der Waals surface area contributed by atoms with Crippen molar-refractivity contribution in [1.82, 2.24) is 10.3 Å². The molecule has 0 spiro atoms. The first-order valence-electron chi connectivity index (χ1n) is 5.98. The fourth-order valence-corrected chi connectivity index (χ4v) is 1.85. The molecule has 0 bridgehead atoms. The molecular formula is C13H21ClN4. The third-order valence-electron chi connectivity index (χ3n) is 2.76. The van der Waals surface area contributed by atoms with Gasteiger partial charge in [-0.05, 0) is 38.5 Å². The quantitative estimate of drug-likeness (QED) is 0.383. The lowest BCUT2D eigenvalue weighted by Gasteiger charge is -2.28. The van der Waals surface area contributed by atoms with Crippen LogP contribution in [0.25, 0.3) is 0 Å². The van der Waals surface area contributed by atoms with E-state index in [0.717, 1.165) is 10.6 Å². The van der Waals surface area contributed by atoms with Crippen LogP contribution in [0.15, 0.2) is 29.3 Å². The van der Waals surface area contributed by atoms with Crippen molar-refractivity contribution in [2.75, 3.05) is 7.05 Å². The lowest BCUT2D eigenvalue weighted by atomic mass is 10.1. The molecule has 1 rings (SSSR count). The third-order valence-corrected chi connectivity index (χ3v) is 2.99. The fraction of sp³-hybridized carbons (Fsp3) is 0.462. The average Bonchev–Trinajstić information content (AvgIpc) is 2.34. The molecule has 0 aromatic heterocycles.